The van der Waals surface area contributed by atoms with Crippen molar-refractivity contribution in [3.05, 3.63) is 57.4 Å². The van der Waals surface area contributed by atoms with Crippen molar-refractivity contribution < 1.29 is 5.11 Å². The van der Waals surface area contributed by atoms with Crippen molar-refractivity contribution in [3.8, 4) is 0 Å². The number of pyridine rings is 1. The van der Waals surface area contributed by atoms with Gasteiger partial charge in [0.05, 0.1) is 11.6 Å². The Morgan fingerprint density at radius 2 is 1.96 bits per heavy atom. The lowest BCUT2D eigenvalue weighted by atomic mass is 9.99. The number of para-hydroxylation sites is 1. The van der Waals surface area contributed by atoms with Crippen molar-refractivity contribution in [1.29, 1.82) is 0 Å². The molecule has 1 unspecified atom stereocenters. The molecule has 0 fully saturated rings. The van der Waals surface area contributed by atoms with E-state index in [-0.39, 0.29) is 11.5 Å². The highest BCUT2D eigenvalue weighted by Crippen LogP contribution is 2.17. The Bertz CT molecular complexity index is 799. The van der Waals surface area contributed by atoms with E-state index in [1.165, 1.54) is 5.57 Å². The highest BCUT2D eigenvalue weighted by atomic mass is 16.3. The molecule has 1 atom stereocenters. The first-order chi connectivity index (χ1) is 11.3. The van der Waals surface area contributed by atoms with Crippen LogP contribution < -0.4 is 5.43 Å². The third kappa shape index (κ3) is 3.96. The molecule has 2 rings (SSSR count). The summed E-state index contributed by atoms with van der Waals surface area (Å²) in [7, 11) is 2.02. The van der Waals surface area contributed by atoms with Crippen molar-refractivity contribution in [2.45, 2.75) is 53.1 Å². The van der Waals surface area contributed by atoms with Crippen molar-refractivity contribution in [2.24, 2.45) is 13.0 Å². The van der Waals surface area contributed by atoms with Gasteiger partial charge < -0.3 is 9.67 Å². The molecule has 0 saturated heterocycles. The van der Waals surface area contributed by atoms with Gasteiger partial charge in [0.25, 0.3) is 0 Å². The van der Waals surface area contributed by atoms with E-state index < -0.39 is 0 Å². The fourth-order valence-electron chi connectivity index (χ4n) is 3.06. The molecule has 3 heteroatoms. The highest BCUT2D eigenvalue weighted by molar-refractivity contribution is 5.80. The maximum Gasteiger partial charge on any atom is 0.192 e. The van der Waals surface area contributed by atoms with Crippen LogP contribution in [0.3, 0.4) is 0 Å². The van der Waals surface area contributed by atoms with Crippen LogP contribution in [0.4, 0.5) is 0 Å². The van der Waals surface area contributed by atoms with Crippen LogP contribution in [0.2, 0.25) is 0 Å². The molecular formula is C21H29NO2. The lowest BCUT2D eigenvalue weighted by Gasteiger charge is -2.16. The summed E-state index contributed by atoms with van der Waals surface area (Å²) in [5.41, 5.74) is 4.24. The molecule has 0 radical (unpaired) electrons. The lowest BCUT2D eigenvalue weighted by molar-refractivity contribution is 0.116. The zero-order valence-corrected chi connectivity index (χ0v) is 15.5. The maximum absolute atomic E-state index is 12.6. The summed E-state index contributed by atoms with van der Waals surface area (Å²) < 4.78 is 2.12. The molecule has 0 aliphatic rings. The van der Waals surface area contributed by atoms with Crippen LogP contribution in [0.15, 0.2) is 40.7 Å². The smallest absolute Gasteiger partial charge is 0.192 e. The third-order valence-electron chi connectivity index (χ3n) is 4.94. The SMILES string of the molecule is C/C(=C\Cc1c(C)c(=O)c2ccccc2n1C)CCC(O)C(C)C. The maximum atomic E-state index is 12.6. The van der Waals surface area contributed by atoms with E-state index in [4.69, 9.17) is 0 Å². The summed E-state index contributed by atoms with van der Waals surface area (Å²) in [6.07, 6.45) is 4.35. The van der Waals surface area contributed by atoms with E-state index in [2.05, 4.69) is 17.6 Å². The van der Waals surface area contributed by atoms with Crippen LogP contribution in [-0.2, 0) is 13.5 Å². The monoisotopic (exact) mass is 327 g/mol. The number of hydrogen-bond donors (Lipinski definition) is 1. The number of aliphatic hydroxyl groups excluding tert-OH is 1. The molecule has 2 aromatic rings. The quantitative estimate of drug-likeness (QED) is 0.811. The van der Waals surface area contributed by atoms with E-state index >= 15 is 0 Å². The number of rotatable bonds is 6. The molecule has 0 spiro atoms. The third-order valence-corrected chi connectivity index (χ3v) is 4.94. The second-order valence-electron chi connectivity index (χ2n) is 7.08. The summed E-state index contributed by atoms with van der Waals surface area (Å²) in [5, 5.41) is 10.7. The number of aryl methyl sites for hydroxylation is 1. The van der Waals surface area contributed by atoms with E-state index in [0.29, 0.717) is 5.92 Å². The Kier molecular flexibility index (Phi) is 6.00. The zero-order valence-electron chi connectivity index (χ0n) is 15.5. The first-order valence-corrected chi connectivity index (χ1v) is 8.73. The Morgan fingerprint density at radius 1 is 1.29 bits per heavy atom. The molecular weight excluding hydrogens is 298 g/mol. The average molecular weight is 327 g/mol. The summed E-state index contributed by atoms with van der Waals surface area (Å²) in [6.45, 7) is 8.09. The zero-order chi connectivity index (χ0) is 17.9. The van der Waals surface area contributed by atoms with E-state index in [1.807, 2.05) is 52.1 Å². The summed E-state index contributed by atoms with van der Waals surface area (Å²) in [5.74, 6) is 0.293. The van der Waals surface area contributed by atoms with Crippen LogP contribution in [0.5, 0.6) is 0 Å². The van der Waals surface area contributed by atoms with Gasteiger partial charge in [0.2, 0.25) is 0 Å². The number of nitrogens with zero attached hydrogens (tertiary/aromatic N) is 1. The average Bonchev–Trinajstić information content (AvgIpc) is 2.57. The second kappa shape index (κ2) is 7.80. The van der Waals surface area contributed by atoms with Crippen LogP contribution in [0.1, 0.15) is 44.9 Å². The minimum absolute atomic E-state index is 0.125. The Hall–Kier alpha value is -1.87. The first-order valence-electron chi connectivity index (χ1n) is 8.73. The van der Waals surface area contributed by atoms with Crippen molar-refractivity contribution in [3.63, 3.8) is 0 Å². The number of allylic oxidation sites excluding steroid dienone is 2. The molecule has 24 heavy (non-hydrogen) atoms. The molecule has 0 aliphatic heterocycles. The van der Waals surface area contributed by atoms with Crippen molar-refractivity contribution in [2.75, 3.05) is 0 Å². The van der Waals surface area contributed by atoms with Crippen molar-refractivity contribution in [1.82, 2.24) is 4.57 Å². The molecule has 130 valence electrons. The van der Waals surface area contributed by atoms with Gasteiger partial charge in [0.15, 0.2) is 5.43 Å². The van der Waals surface area contributed by atoms with E-state index in [0.717, 1.165) is 41.4 Å². The number of benzene rings is 1. The standard InChI is InChI=1S/C21H29NO2/c1-14(2)20(23)13-11-15(3)10-12-18-16(4)21(24)17-8-6-7-9-19(17)22(18)5/h6-10,14,20,23H,11-13H2,1-5H3/b15-10+. The summed E-state index contributed by atoms with van der Waals surface area (Å²) >= 11 is 0. The number of aliphatic hydroxyl groups is 1. The largest absolute Gasteiger partial charge is 0.393 e. The summed E-state index contributed by atoms with van der Waals surface area (Å²) in [4.78, 5) is 12.6. The molecule has 0 aliphatic carbocycles. The molecule has 0 bridgehead atoms. The topological polar surface area (TPSA) is 42.2 Å². The van der Waals surface area contributed by atoms with Gasteiger partial charge in [-0.05, 0) is 44.7 Å². The minimum Gasteiger partial charge on any atom is -0.393 e. The summed E-state index contributed by atoms with van der Waals surface area (Å²) in [6, 6.07) is 7.76. The van der Waals surface area contributed by atoms with Gasteiger partial charge in [-0.25, -0.2) is 0 Å². The molecule has 1 aromatic heterocycles. The van der Waals surface area contributed by atoms with Gasteiger partial charge in [-0.2, -0.15) is 0 Å². The normalized spacial score (nSPS) is 13.7. The molecule has 0 saturated carbocycles. The molecule has 1 N–H and O–H groups in total. The van der Waals surface area contributed by atoms with Gasteiger partial charge in [-0.1, -0.05) is 37.6 Å². The highest BCUT2D eigenvalue weighted by Gasteiger charge is 2.11. The predicted molar refractivity (Wildman–Crippen MR) is 101 cm³/mol. The molecule has 1 aromatic carbocycles. The van der Waals surface area contributed by atoms with Gasteiger partial charge in [0.1, 0.15) is 0 Å². The fraction of sp³-hybridized carbons (Fsp3) is 0.476. The van der Waals surface area contributed by atoms with E-state index in [1.54, 1.807) is 0 Å². The van der Waals surface area contributed by atoms with Crippen LogP contribution in [0.25, 0.3) is 10.9 Å². The fourth-order valence-corrected chi connectivity index (χ4v) is 3.06. The second-order valence-corrected chi connectivity index (χ2v) is 7.08. The minimum atomic E-state index is -0.250. The van der Waals surface area contributed by atoms with Crippen LogP contribution in [0, 0.1) is 12.8 Å². The van der Waals surface area contributed by atoms with Crippen LogP contribution in [-0.4, -0.2) is 15.8 Å². The van der Waals surface area contributed by atoms with E-state index in [9.17, 15) is 9.90 Å². The lowest BCUT2D eigenvalue weighted by Crippen LogP contribution is -2.16. The molecule has 1 heterocycles. The number of hydrogen-bond acceptors (Lipinski definition) is 2. The molecule has 3 nitrogen and oxygen atoms in total. The molecule has 0 amide bonds. The predicted octanol–water partition coefficient (Wildman–Crippen LogP) is 4.13. The van der Waals surface area contributed by atoms with Gasteiger partial charge in [-0.3, -0.25) is 4.79 Å². The Balaban J connectivity index is 2.24. The Morgan fingerprint density at radius 3 is 2.62 bits per heavy atom. The van der Waals surface area contributed by atoms with Gasteiger partial charge >= 0.3 is 0 Å². The Labute approximate surface area is 144 Å². The van der Waals surface area contributed by atoms with Gasteiger partial charge in [0, 0.05) is 30.1 Å². The van der Waals surface area contributed by atoms with Crippen LogP contribution >= 0.6 is 0 Å². The first kappa shape index (κ1) is 18.5. The van der Waals surface area contributed by atoms with Gasteiger partial charge in [-0.15, -0.1) is 0 Å². The number of fused-ring (bicyclic) bond motifs is 1. The van der Waals surface area contributed by atoms with Crippen molar-refractivity contribution >= 4 is 10.9 Å². The number of aromatic nitrogens is 1.